The monoisotopic (exact) mass is 343 g/mol. The van der Waals surface area contributed by atoms with Crippen LogP contribution in [-0.2, 0) is 10.8 Å². The Morgan fingerprint density at radius 1 is 1.21 bits per heavy atom. The quantitative estimate of drug-likeness (QED) is 0.783. The fraction of sp³-hybridized carbons (Fsp3) is 0.167. The van der Waals surface area contributed by atoms with Gasteiger partial charge in [-0.1, -0.05) is 6.07 Å². The highest BCUT2D eigenvalue weighted by Crippen LogP contribution is 2.29. The summed E-state index contributed by atoms with van der Waals surface area (Å²) in [6.07, 6.45) is 1.60. The number of amides is 1. The number of ether oxygens (including phenoxy) is 1. The molecule has 124 valence electrons. The molecule has 0 saturated heterocycles. The SMILES string of the molecule is COc1ccc2oc(C)c(C(=O)Nc3cccc([S@@](C)=O)c3)c2c1. The maximum Gasteiger partial charge on any atom is 0.259 e. The number of benzene rings is 2. The smallest absolute Gasteiger partial charge is 0.259 e. The van der Waals surface area contributed by atoms with E-state index < -0.39 is 10.8 Å². The van der Waals surface area contributed by atoms with Crippen molar-refractivity contribution >= 4 is 33.4 Å². The Hall–Kier alpha value is -2.60. The standard InChI is InChI=1S/C18H17NO4S/c1-11-17(15-10-13(22-2)7-8-16(15)23-11)18(20)19-12-5-4-6-14(9-12)24(3)21/h4-10H,1-3H3,(H,19,20)/t24-/m1/s1. The first-order valence-electron chi connectivity index (χ1n) is 7.31. The third-order valence-corrected chi connectivity index (χ3v) is 4.64. The van der Waals surface area contributed by atoms with Gasteiger partial charge < -0.3 is 14.5 Å². The van der Waals surface area contributed by atoms with Gasteiger partial charge in [-0.2, -0.15) is 0 Å². The summed E-state index contributed by atoms with van der Waals surface area (Å²) in [5, 5.41) is 3.53. The molecule has 3 aromatic rings. The number of carbonyl (C=O) groups is 1. The number of rotatable bonds is 4. The lowest BCUT2D eigenvalue weighted by Gasteiger charge is -2.06. The van der Waals surface area contributed by atoms with E-state index in [-0.39, 0.29) is 5.91 Å². The normalized spacial score (nSPS) is 12.1. The van der Waals surface area contributed by atoms with Gasteiger partial charge >= 0.3 is 0 Å². The van der Waals surface area contributed by atoms with Gasteiger partial charge in [0.2, 0.25) is 0 Å². The zero-order chi connectivity index (χ0) is 17.3. The van der Waals surface area contributed by atoms with Gasteiger partial charge in [-0.15, -0.1) is 0 Å². The lowest BCUT2D eigenvalue weighted by atomic mass is 10.1. The van der Waals surface area contributed by atoms with E-state index in [1.165, 1.54) is 0 Å². The molecule has 0 spiro atoms. The van der Waals surface area contributed by atoms with E-state index in [1.54, 1.807) is 62.8 Å². The third kappa shape index (κ3) is 3.05. The molecule has 6 heteroatoms. The second kappa shape index (κ2) is 6.49. The zero-order valence-corrected chi connectivity index (χ0v) is 14.4. The Morgan fingerprint density at radius 3 is 2.71 bits per heavy atom. The molecule has 2 aromatic carbocycles. The molecule has 1 heterocycles. The predicted molar refractivity (Wildman–Crippen MR) is 94.2 cm³/mol. The summed E-state index contributed by atoms with van der Waals surface area (Å²) in [6, 6.07) is 12.3. The lowest BCUT2D eigenvalue weighted by Crippen LogP contribution is -2.12. The Balaban J connectivity index is 1.98. The van der Waals surface area contributed by atoms with Crippen molar-refractivity contribution in [3.63, 3.8) is 0 Å². The van der Waals surface area contributed by atoms with Crippen LogP contribution in [0.25, 0.3) is 11.0 Å². The highest BCUT2D eigenvalue weighted by molar-refractivity contribution is 7.84. The van der Waals surface area contributed by atoms with Crippen molar-refractivity contribution in [2.24, 2.45) is 0 Å². The van der Waals surface area contributed by atoms with Gasteiger partial charge in [-0.25, -0.2) is 0 Å². The van der Waals surface area contributed by atoms with Gasteiger partial charge in [0.15, 0.2) is 0 Å². The van der Waals surface area contributed by atoms with Gasteiger partial charge in [0.1, 0.15) is 17.1 Å². The summed E-state index contributed by atoms with van der Waals surface area (Å²) in [6.45, 7) is 1.75. The van der Waals surface area contributed by atoms with Gasteiger partial charge in [-0.05, 0) is 43.3 Å². The van der Waals surface area contributed by atoms with Crippen LogP contribution in [0.2, 0.25) is 0 Å². The molecule has 0 aliphatic rings. The molecule has 1 aromatic heterocycles. The average Bonchev–Trinajstić information content (AvgIpc) is 2.89. The fourth-order valence-corrected chi connectivity index (χ4v) is 3.12. The molecule has 0 aliphatic heterocycles. The minimum absolute atomic E-state index is 0.279. The highest BCUT2D eigenvalue weighted by atomic mass is 32.2. The second-order valence-corrected chi connectivity index (χ2v) is 6.71. The molecule has 0 fully saturated rings. The van der Waals surface area contributed by atoms with Crippen molar-refractivity contribution in [3.8, 4) is 5.75 Å². The third-order valence-electron chi connectivity index (χ3n) is 3.72. The Morgan fingerprint density at radius 2 is 2.00 bits per heavy atom. The lowest BCUT2D eigenvalue weighted by molar-refractivity contribution is 0.102. The van der Waals surface area contributed by atoms with Crippen LogP contribution < -0.4 is 10.1 Å². The molecular weight excluding hydrogens is 326 g/mol. The van der Waals surface area contributed by atoms with Crippen LogP contribution >= 0.6 is 0 Å². The number of furan rings is 1. The van der Waals surface area contributed by atoms with Crippen LogP contribution in [0.3, 0.4) is 0 Å². The second-order valence-electron chi connectivity index (χ2n) is 5.33. The van der Waals surface area contributed by atoms with Crippen molar-refractivity contribution in [3.05, 3.63) is 53.8 Å². The van der Waals surface area contributed by atoms with E-state index >= 15 is 0 Å². The Kier molecular flexibility index (Phi) is 4.40. The molecule has 0 saturated carbocycles. The molecule has 0 radical (unpaired) electrons. The molecule has 0 aliphatic carbocycles. The van der Waals surface area contributed by atoms with Crippen molar-refractivity contribution in [1.82, 2.24) is 0 Å². The van der Waals surface area contributed by atoms with E-state index in [0.717, 1.165) is 0 Å². The minimum atomic E-state index is -1.11. The van der Waals surface area contributed by atoms with Crippen LogP contribution in [0.4, 0.5) is 5.69 Å². The minimum Gasteiger partial charge on any atom is -0.497 e. The first-order valence-corrected chi connectivity index (χ1v) is 8.87. The number of nitrogens with one attached hydrogen (secondary N) is 1. The molecule has 1 amide bonds. The van der Waals surface area contributed by atoms with Crippen molar-refractivity contribution < 1.29 is 18.2 Å². The Labute approximate surface area is 142 Å². The van der Waals surface area contributed by atoms with E-state index in [4.69, 9.17) is 9.15 Å². The maximum atomic E-state index is 12.7. The van der Waals surface area contributed by atoms with E-state index in [2.05, 4.69) is 5.32 Å². The van der Waals surface area contributed by atoms with Crippen LogP contribution in [0.5, 0.6) is 5.75 Å². The fourth-order valence-electron chi connectivity index (χ4n) is 2.55. The predicted octanol–water partition coefficient (Wildman–Crippen LogP) is 3.74. The largest absolute Gasteiger partial charge is 0.497 e. The van der Waals surface area contributed by atoms with E-state index in [9.17, 15) is 9.00 Å². The van der Waals surface area contributed by atoms with Gasteiger partial charge in [-0.3, -0.25) is 9.00 Å². The molecule has 24 heavy (non-hydrogen) atoms. The van der Waals surface area contributed by atoms with Crippen molar-refractivity contribution in [1.29, 1.82) is 0 Å². The average molecular weight is 343 g/mol. The number of aryl methyl sites for hydroxylation is 1. The number of hydrogen-bond donors (Lipinski definition) is 1. The highest BCUT2D eigenvalue weighted by Gasteiger charge is 2.19. The molecule has 3 rings (SSSR count). The molecular formula is C18H17NO4S. The Bertz CT molecular complexity index is 945. The zero-order valence-electron chi connectivity index (χ0n) is 13.6. The van der Waals surface area contributed by atoms with Crippen LogP contribution in [0, 0.1) is 6.92 Å². The summed E-state index contributed by atoms with van der Waals surface area (Å²) >= 11 is 0. The number of fused-ring (bicyclic) bond motifs is 1. The molecule has 5 nitrogen and oxygen atoms in total. The molecule has 0 unspecified atom stereocenters. The number of carbonyl (C=O) groups excluding carboxylic acids is 1. The number of hydrogen-bond acceptors (Lipinski definition) is 4. The number of methoxy groups -OCH3 is 1. The van der Waals surface area contributed by atoms with Crippen LogP contribution in [0.15, 0.2) is 51.8 Å². The molecule has 1 N–H and O–H groups in total. The van der Waals surface area contributed by atoms with Crippen LogP contribution in [0.1, 0.15) is 16.1 Å². The summed E-state index contributed by atoms with van der Waals surface area (Å²) < 4.78 is 22.5. The summed E-state index contributed by atoms with van der Waals surface area (Å²) in [4.78, 5) is 13.4. The molecule has 1 atom stereocenters. The first-order chi connectivity index (χ1) is 11.5. The first kappa shape index (κ1) is 16.3. The topological polar surface area (TPSA) is 68.5 Å². The van der Waals surface area contributed by atoms with Gasteiger partial charge in [0, 0.05) is 33.0 Å². The summed E-state index contributed by atoms with van der Waals surface area (Å²) in [5.74, 6) is 0.908. The molecule has 0 bridgehead atoms. The number of anilines is 1. The van der Waals surface area contributed by atoms with Gasteiger partial charge in [0.25, 0.3) is 5.91 Å². The summed E-state index contributed by atoms with van der Waals surface area (Å²) in [5.41, 5.74) is 1.68. The van der Waals surface area contributed by atoms with Gasteiger partial charge in [0.05, 0.1) is 12.7 Å². The van der Waals surface area contributed by atoms with E-state index in [0.29, 0.717) is 38.6 Å². The van der Waals surface area contributed by atoms with Crippen molar-refractivity contribution in [2.45, 2.75) is 11.8 Å². The van der Waals surface area contributed by atoms with Crippen LogP contribution in [-0.4, -0.2) is 23.5 Å². The van der Waals surface area contributed by atoms with E-state index in [1.807, 2.05) is 0 Å². The maximum absolute atomic E-state index is 12.7. The van der Waals surface area contributed by atoms with Crippen molar-refractivity contribution in [2.75, 3.05) is 18.7 Å². The summed E-state index contributed by atoms with van der Waals surface area (Å²) in [7, 11) is 0.465.